The lowest BCUT2D eigenvalue weighted by Gasteiger charge is -2.12. The predicted molar refractivity (Wildman–Crippen MR) is 119 cm³/mol. The minimum absolute atomic E-state index is 0.0569. The van der Waals surface area contributed by atoms with Crippen LogP contribution in [0.4, 0.5) is 14.9 Å². The van der Waals surface area contributed by atoms with E-state index in [1.807, 2.05) is 30.3 Å². The number of rotatable bonds is 9. The van der Waals surface area contributed by atoms with Crippen LogP contribution in [0.3, 0.4) is 0 Å². The molecule has 3 rings (SSSR count). The second-order valence-corrected chi connectivity index (χ2v) is 7.17. The molecule has 0 spiro atoms. The standard InChI is InChI=1S/C24H22FN3O5/c25-22-9-5-4-8-18(22)12-20-13-21(28(31)32)11-10-19(20)14-26-23(29)15-27-24(30)33-16-17-6-2-1-3-7-17/h1-11,13H,12,14-16H2,(H,26,29)(H,27,30). The van der Waals surface area contributed by atoms with Gasteiger partial charge in [0.25, 0.3) is 5.69 Å². The van der Waals surface area contributed by atoms with Crippen molar-refractivity contribution in [3.05, 3.63) is 111 Å². The third-order valence-corrected chi connectivity index (χ3v) is 4.82. The average Bonchev–Trinajstić information content (AvgIpc) is 2.82. The molecule has 2 amide bonds. The van der Waals surface area contributed by atoms with Gasteiger partial charge in [0.15, 0.2) is 0 Å². The molecule has 0 heterocycles. The molecule has 0 unspecified atom stereocenters. The number of amides is 2. The van der Waals surface area contributed by atoms with E-state index in [4.69, 9.17) is 4.74 Å². The number of nitrogens with one attached hydrogen (secondary N) is 2. The lowest BCUT2D eigenvalue weighted by Crippen LogP contribution is -2.37. The molecule has 3 aromatic carbocycles. The van der Waals surface area contributed by atoms with Crippen molar-refractivity contribution < 1.29 is 23.6 Å². The van der Waals surface area contributed by atoms with E-state index in [9.17, 15) is 24.1 Å². The second-order valence-electron chi connectivity index (χ2n) is 7.17. The Kier molecular flexibility index (Phi) is 8.07. The van der Waals surface area contributed by atoms with Crippen LogP contribution in [-0.2, 0) is 29.1 Å². The minimum atomic E-state index is -0.732. The molecule has 0 fully saturated rings. The van der Waals surface area contributed by atoms with Gasteiger partial charge in [-0.2, -0.15) is 0 Å². The molecule has 0 aliphatic rings. The maximum absolute atomic E-state index is 14.1. The van der Waals surface area contributed by atoms with Gasteiger partial charge in [-0.25, -0.2) is 9.18 Å². The number of carbonyl (C=O) groups is 2. The van der Waals surface area contributed by atoms with E-state index >= 15 is 0 Å². The van der Waals surface area contributed by atoms with Crippen molar-refractivity contribution in [1.29, 1.82) is 0 Å². The molecule has 0 aliphatic heterocycles. The van der Waals surface area contributed by atoms with Crippen LogP contribution in [0.1, 0.15) is 22.3 Å². The third kappa shape index (κ3) is 7.13. The second kappa shape index (κ2) is 11.4. The van der Waals surface area contributed by atoms with E-state index in [2.05, 4.69) is 10.6 Å². The number of hydrogen-bond acceptors (Lipinski definition) is 5. The van der Waals surface area contributed by atoms with Gasteiger partial charge in [0.2, 0.25) is 5.91 Å². The molecule has 0 aliphatic carbocycles. The van der Waals surface area contributed by atoms with Crippen LogP contribution in [0.25, 0.3) is 0 Å². The summed E-state index contributed by atoms with van der Waals surface area (Å²) in [5.74, 6) is -0.890. The van der Waals surface area contributed by atoms with Gasteiger partial charge < -0.3 is 15.4 Å². The van der Waals surface area contributed by atoms with E-state index in [-0.39, 0.29) is 31.8 Å². The van der Waals surface area contributed by atoms with E-state index in [1.54, 1.807) is 18.2 Å². The highest BCUT2D eigenvalue weighted by Gasteiger charge is 2.14. The first-order valence-electron chi connectivity index (χ1n) is 10.1. The van der Waals surface area contributed by atoms with Crippen molar-refractivity contribution in [3.8, 4) is 0 Å². The number of hydrogen-bond donors (Lipinski definition) is 2. The summed E-state index contributed by atoms with van der Waals surface area (Å²) >= 11 is 0. The van der Waals surface area contributed by atoms with Gasteiger partial charge in [-0.1, -0.05) is 54.6 Å². The fourth-order valence-corrected chi connectivity index (χ4v) is 3.09. The molecule has 0 saturated heterocycles. The zero-order valence-corrected chi connectivity index (χ0v) is 17.6. The van der Waals surface area contributed by atoms with Crippen molar-refractivity contribution in [2.45, 2.75) is 19.6 Å². The first-order valence-corrected chi connectivity index (χ1v) is 10.1. The zero-order chi connectivity index (χ0) is 23.6. The fourth-order valence-electron chi connectivity index (χ4n) is 3.09. The Morgan fingerprint density at radius 3 is 2.36 bits per heavy atom. The van der Waals surface area contributed by atoms with Crippen LogP contribution in [0.2, 0.25) is 0 Å². The smallest absolute Gasteiger partial charge is 0.407 e. The van der Waals surface area contributed by atoms with Crippen LogP contribution >= 0.6 is 0 Å². The molecule has 0 saturated carbocycles. The molecule has 0 radical (unpaired) electrons. The van der Waals surface area contributed by atoms with Crippen molar-refractivity contribution >= 4 is 17.7 Å². The quantitative estimate of drug-likeness (QED) is 0.379. The summed E-state index contributed by atoms with van der Waals surface area (Å²) in [6, 6.07) is 19.5. The summed E-state index contributed by atoms with van der Waals surface area (Å²) in [6.07, 6.45) is -0.603. The largest absolute Gasteiger partial charge is 0.445 e. The minimum Gasteiger partial charge on any atom is -0.445 e. The summed E-state index contributed by atoms with van der Waals surface area (Å²) < 4.78 is 19.1. The lowest BCUT2D eigenvalue weighted by molar-refractivity contribution is -0.384. The number of halogens is 1. The number of non-ortho nitro benzene ring substituents is 1. The molecular formula is C24H22FN3O5. The number of nitro groups is 1. The maximum atomic E-state index is 14.1. The maximum Gasteiger partial charge on any atom is 0.407 e. The van der Waals surface area contributed by atoms with E-state index in [0.29, 0.717) is 16.7 Å². The van der Waals surface area contributed by atoms with Gasteiger partial charge in [0, 0.05) is 25.1 Å². The van der Waals surface area contributed by atoms with Crippen LogP contribution in [0, 0.1) is 15.9 Å². The molecule has 0 bridgehead atoms. The molecule has 8 nitrogen and oxygen atoms in total. The van der Waals surface area contributed by atoms with Gasteiger partial charge in [-0.15, -0.1) is 0 Å². The van der Waals surface area contributed by atoms with Crippen molar-refractivity contribution in [1.82, 2.24) is 10.6 Å². The Labute approximate surface area is 189 Å². The number of alkyl carbamates (subject to hydrolysis) is 1. The van der Waals surface area contributed by atoms with E-state index < -0.39 is 22.7 Å². The van der Waals surface area contributed by atoms with Crippen LogP contribution in [0.15, 0.2) is 72.8 Å². The highest BCUT2D eigenvalue weighted by Crippen LogP contribution is 2.22. The Hall–Kier alpha value is -4.27. The number of benzene rings is 3. The average molecular weight is 451 g/mol. The molecule has 33 heavy (non-hydrogen) atoms. The first kappa shape index (κ1) is 23.4. The van der Waals surface area contributed by atoms with Crippen LogP contribution in [0.5, 0.6) is 0 Å². The highest BCUT2D eigenvalue weighted by molar-refractivity contribution is 5.82. The van der Waals surface area contributed by atoms with Gasteiger partial charge >= 0.3 is 6.09 Å². The SMILES string of the molecule is O=C(CNC(=O)OCc1ccccc1)NCc1ccc([N+](=O)[O-])cc1Cc1ccccc1F. The Bertz CT molecular complexity index is 1140. The zero-order valence-electron chi connectivity index (χ0n) is 17.6. The van der Waals surface area contributed by atoms with Crippen LogP contribution in [-0.4, -0.2) is 23.5 Å². The molecule has 3 aromatic rings. The van der Waals surface area contributed by atoms with E-state index in [0.717, 1.165) is 5.56 Å². The van der Waals surface area contributed by atoms with Crippen molar-refractivity contribution in [3.63, 3.8) is 0 Å². The number of nitro benzene ring substituents is 1. The summed E-state index contributed by atoms with van der Waals surface area (Å²) in [5, 5.41) is 16.2. The molecule has 0 aromatic heterocycles. The predicted octanol–water partition coefficient (Wildman–Crippen LogP) is 3.87. The Morgan fingerprint density at radius 1 is 0.909 bits per heavy atom. The van der Waals surface area contributed by atoms with Gasteiger partial charge in [0.1, 0.15) is 19.0 Å². The molecule has 0 atom stereocenters. The van der Waals surface area contributed by atoms with Gasteiger partial charge in [-0.05, 0) is 28.3 Å². The van der Waals surface area contributed by atoms with E-state index in [1.165, 1.54) is 24.3 Å². The lowest BCUT2D eigenvalue weighted by atomic mass is 9.98. The Balaban J connectivity index is 1.56. The number of ether oxygens (including phenoxy) is 1. The molecular weight excluding hydrogens is 429 g/mol. The first-order chi connectivity index (χ1) is 15.9. The van der Waals surface area contributed by atoms with Gasteiger partial charge in [-0.3, -0.25) is 14.9 Å². The molecule has 9 heteroatoms. The van der Waals surface area contributed by atoms with Crippen molar-refractivity contribution in [2.24, 2.45) is 0 Å². The summed E-state index contributed by atoms with van der Waals surface area (Å²) in [7, 11) is 0. The monoisotopic (exact) mass is 451 g/mol. The van der Waals surface area contributed by atoms with Crippen molar-refractivity contribution in [2.75, 3.05) is 6.54 Å². The van der Waals surface area contributed by atoms with Gasteiger partial charge in [0.05, 0.1) is 4.92 Å². The Morgan fingerprint density at radius 2 is 1.64 bits per heavy atom. The highest BCUT2D eigenvalue weighted by atomic mass is 19.1. The molecule has 2 N–H and O–H groups in total. The normalized spacial score (nSPS) is 10.3. The summed E-state index contributed by atoms with van der Waals surface area (Å²) in [4.78, 5) is 34.5. The topological polar surface area (TPSA) is 111 Å². The third-order valence-electron chi connectivity index (χ3n) is 4.82. The fraction of sp³-hybridized carbons (Fsp3) is 0.167. The summed E-state index contributed by atoms with van der Waals surface area (Å²) in [5.41, 5.74) is 2.19. The summed E-state index contributed by atoms with van der Waals surface area (Å²) in [6.45, 7) is -0.166. The number of carbonyl (C=O) groups excluding carboxylic acids is 2. The van der Waals surface area contributed by atoms with Crippen LogP contribution < -0.4 is 10.6 Å². The number of nitrogens with zero attached hydrogens (tertiary/aromatic N) is 1. The molecule has 170 valence electrons.